The van der Waals surface area contributed by atoms with Crippen molar-refractivity contribution in [2.75, 3.05) is 6.61 Å². The van der Waals surface area contributed by atoms with Gasteiger partial charge < -0.3 is 20.3 Å². The van der Waals surface area contributed by atoms with Crippen molar-refractivity contribution >= 4 is 11.9 Å². The number of hydrogen-bond donors (Lipinski definition) is 3. The molecule has 1 amide bonds. The molecule has 3 N–H and O–H groups in total. The van der Waals surface area contributed by atoms with Crippen molar-refractivity contribution in [3.63, 3.8) is 0 Å². The predicted octanol–water partition coefficient (Wildman–Crippen LogP) is -0.0581. The number of nitrogens with one attached hydrogen (secondary N) is 1. The number of carboxylic acid groups (broad SMARTS) is 1. The molecule has 0 fully saturated rings. The molecule has 1 unspecified atom stereocenters. The van der Waals surface area contributed by atoms with Gasteiger partial charge in [0.25, 0.3) is 5.91 Å². The molecular weight excluding hydrogens is 250 g/mol. The Balaban J connectivity index is 1.97. The highest BCUT2D eigenvalue weighted by molar-refractivity contribution is 5.87. The fourth-order valence-corrected chi connectivity index (χ4v) is 1.98. The van der Waals surface area contributed by atoms with Gasteiger partial charge in [0.2, 0.25) is 0 Å². The number of aliphatic hydroxyl groups is 1. The molecule has 6 heteroatoms. The summed E-state index contributed by atoms with van der Waals surface area (Å²) < 4.78 is 5.46. The number of carbonyl (C=O) groups excluding carboxylic acids is 1. The lowest BCUT2D eigenvalue weighted by Gasteiger charge is -2.16. The summed E-state index contributed by atoms with van der Waals surface area (Å²) in [4.78, 5) is 22.8. The van der Waals surface area contributed by atoms with Gasteiger partial charge in [-0.15, -0.1) is 0 Å². The summed E-state index contributed by atoms with van der Waals surface area (Å²) in [6, 6.07) is 6.21. The van der Waals surface area contributed by atoms with E-state index in [4.69, 9.17) is 14.9 Å². The number of carboxylic acids is 1. The van der Waals surface area contributed by atoms with Crippen molar-refractivity contribution in [3.8, 4) is 5.75 Å². The lowest BCUT2D eigenvalue weighted by molar-refractivity contribution is -0.143. The van der Waals surface area contributed by atoms with Crippen LogP contribution in [0.25, 0.3) is 0 Å². The van der Waals surface area contributed by atoms with E-state index >= 15 is 0 Å². The van der Waals surface area contributed by atoms with Gasteiger partial charge in [-0.05, 0) is 11.6 Å². The Morgan fingerprint density at radius 1 is 1.42 bits per heavy atom. The number of fused-ring (bicyclic) bond motifs is 1. The van der Waals surface area contributed by atoms with E-state index in [-0.39, 0.29) is 13.0 Å². The van der Waals surface area contributed by atoms with Crippen LogP contribution in [0.5, 0.6) is 5.75 Å². The van der Waals surface area contributed by atoms with Crippen LogP contribution in [-0.4, -0.2) is 40.8 Å². The first-order valence-corrected chi connectivity index (χ1v) is 6.00. The molecule has 1 aromatic rings. The largest absolute Gasteiger partial charge is 0.480 e. The Bertz CT molecular complexity index is 463. The summed E-state index contributed by atoms with van der Waals surface area (Å²) >= 11 is 0. The van der Waals surface area contributed by atoms with Gasteiger partial charge >= 0.3 is 5.97 Å². The highest BCUT2D eigenvalue weighted by Gasteiger charge is 2.31. The lowest BCUT2D eigenvalue weighted by Crippen LogP contribution is -2.47. The van der Waals surface area contributed by atoms with E-state index in [1.807, 2.05) is 18.2 Å². The van der Waals surface area contributed by atoms with Crippen LogP contribution in [0.3, 0.4) is 0 Å². The SMILES string of the molecule is O=C(N[C@@H](CCO)C(=O)O)C1Cc2ccccc2O1. The number of hydrogen-bond acceptors (Lipinski definition) is 4. The smallest absolute Gasteiger partial charge is 0.326 e. The van der Waals surface area contributed by atoms with Crippen LogP contribution in [0.2, 0.25) is 0 Å². The zero-order chi connectivity index (χ0) is 13.8. The minimum atomic E-state index is -1.17. The molecule has 0 aliphatic carbocycles. The molecule has 2 atom stereocenters. The molecule has 0 saturated carbocycles. The molecule has 0 spiro atoms. The monoisotopic (exact) mass is 265 g/mol. The highest BCUT2D eigenvalue weighted by Crippen LogP contribution is 2.28. The van der Waals surface area contributed by atoms with Gasteiger partial charge in [0, 0.05) is 19.4 Å². The third-order valence-electron chi connectivity index (χ3n) is 2.97. The van der Waals surface area contributed by atoms with Crippen LogP contribution in [0.4, 0.5) is 0 Å². The van der Waals surface area contributed by atoms with Crippen LogP contribution in [0.1, 0.15) is 12.0 Å². The molecule has 1 heterocycles. The summed E-state index contributed by atoms with van der Waals surface area (Å²) in [5.41, 5.74) is 0.927. The van der Waals surface area contributed by atoms with Gasteiger partial charge in [0.05, 0.1) is 0 Å². The van der Waals surface area contributed by atoms with E-state index in [0.717, 1.165) is 5.56 Å². The fourth-order valence-electron chi connectivity index (χ4n) is 1.98. The summed E-state index contributed by atoms with van der Waals surface area (Å²) in [5.74, 6) is -0.994. The third kappa shape index (κ3) is 3.03. The van der Waals surface area contributed by atoms with Crippen LogP contribution in [0.15, 0.2) is 24.3 Å². The number of aliphatic carboxylic acids is 1. The number of ether oxygens (including phenoxy) is 1. The molecule has 0 bridgehead atoms. The quantitative estimate of drug-likeness (QED) is 0.693. The van der Waals surface area contributed by atoms with Gasteiger partial charge in [-0.3, -0.25) is 4.79 Å². The number of para-hydroxylation sites is 1. The van der Waals surface area contributed by atoms with Gasteiger partial charge in [0.1, 0.15) is 11.8 Å². The molecule has 1 aliphatic rings. The van der Waals surface area contributed by atoms with E-state index in [1.165, 1.54) is 0 Å². The van der Waals surface area contributed by atoms with E-state index < -0.39 is 24.0 Å². The molecule has 1 aromatic carbocycles. The Kier molecular flexibility index (Phi) is 4.01. The van der Waals surface area contributed by atoms with E-state index in [0.29, 0.717) is 12.2 Å². The second-order valence-corrected chi connectivity index (χ2v) is 4.33. The first-order chi connectivity index (χ1) is 9.11. The zero-order valence-corrected chi connectivity index (χ0v) is 10.2. The average Bonchev–Trinajstić information content (AvgIpc) is 2.81. The van der Waals surface area contributed by atoms with Crippen LogP contribution < -0.4 is 10.1 Å². The summed E-state index contributed by atoms with van der Waals surface area (Å²) in [6.07, 6.45) is -0.313. The molecule has 0 aromatic heterocycles. The number of rotatable bonds is 5. The number of benzene rings is 1. The van der Waals surface area contributed by atoms with Crippen molar-refractivity contribution in [2.45, 2.75) is 25.0 Å². The zero-order valence-electron chi connectivity index (χ0n) is 10.2. The van der Waals surface area contributed by atoms with Crippen LogP contribution in [-0.2, 0) is 16.0 Å². The normalized spacial score (nSPS) is 18.3. The number of amides is 1. The molecule has 6 nitrogen and oxygen atoms in total. The summed E-state index contributed by atoms with van der Waals surface area (Å²) in [7, 11) is 0. The number of carbonyl (C=O) groups is 2. The molecular formula is C13H15NO5. The van der Waals surface area contributed by atoms with Crippen molar-refractivity contribution in [1.82, 2.24) is 5.32 Å². The average molecular weight is 265 g/mol. The second-order valence-electron chi connectivity index (χ2n) is 4.33. The maximum Gasteiger partial charge on any atom is 0.326 e. The van der Waals surface area contributed by atoms with Gasteiger partial charge in [-0.1, -0.05) is 18.2 Å². The number of aliphatic hydroxyl groups excluding tert-OH is 1. The highest BCUT2D eigenvalue weighted by atomic mass is 16.5. The van der Waals surface area contributed by atoms with Crippen molar-refractivity contribution in [3.05, 3.63) is 29.8 Å². The summed E-state index contributed by atoms with van der Waals surface area (Å²) in [5, 5.41) is 20.0. The molecule has 102 valence electrons. The minimum absolute atomic E-state index is 0.0270. The Morgan fingerprint density at radius 2 is 2.16 bits per heavy atom. The maximum absolute atomic E-state index is 11.9. The second kappa shape index (κ2) is 5.71. The van der Waals surface area contributed by atoms with E-state index in [1.54, 1.807) is 6.07 Å². The van der Waals surface area contributed by atoms with E-state index in [2.05, 4.69) is 5.32 Å². The molecule has 19 heavy (non-hydrogen) atoms. The summed E-state index contributed by atoms with van der Waals surface area (Å²) in [6.45, 7) is -0.303. The van der Waals surface area contributed by atoms with Crippen molar-refractivity contribution in [2.24, 2.45) is 0 Å². The third-order valence-corrected chi connectivity index (χ3v) is 2.97. The first kappa shape index (κ1) is 13.4. The van der Waals surface area contributed by atoms with Crippen molar-refractivity contribution < 1.29 is 24.5 Å². The molecule has 1 aliphatic heterocycles. The van der Waals surface area contributed by atoms with E-state index in [9.17, 15) is 9.59 Å². The predicted molar refractivity (Wildman–Crippen MR) is 65.8 cm³/mol. The standard InChI is InChI=1S/C13H15NO5/c15-6-5-9(13(17)18)14-12(16)11-7-8-3-1-2-4-10(8)19-11/h1-4,9,11,15H,5-7H2,(H,14,16)(H,17,18)/t9-,11?/m0/s1. The van der Waals surface area contributed by atoms with Crippen LogP contribution in [0, 0.1) is 0 Å². The van der Waals surface area contributed by atoms with Gasteiger partial charge in [-0.2, -0.15) is 0 Å². The molecule has 2 rings (SSSR count). The Hall–Kier alpha value is -2.08. The van der Waals surface area contributed by atoms with Gasteiger partial charge in [-0.25, -0.2) is 4.79 Å². The molecule has 0 saturated heterocycles. The Labute approximate surface area is 110 Å². The lowest BCUT2D eigenvalue weighted by atomic mass is 10.1. The fraction of sp³-hybridized carbons (Fsp3) is 0.385. The minimum Gasteiger partial charge on any atom is -0.480 e. The Morgan fingerprint density at radius 3 is 2.79 bits per heavy atom. The van der Waals surface area contributed by atoms with Crippen LogP contribution >= 0.6 is 0 Å². The maximum atomic E-state index is 11.9. The molecule has 0 radical (unpaired) electrons. The first-order valence-electron chi connectivity index (χ1n) is 6.00. The topological polar surface area (TPSA) is 95.9 Å². The van der Waals surface area contributed by atoms with Gasteiger partial charge in [0.15, 0.2) is 6.10 Å². The van der Waals surface area contributed by atoms with Crippen molar-refractivity contribution in [1.29, 1.82) is 0 Å².